The lowest BCUT2D eigenvalue weighted by Crippen LogP contribution is -2.36. The number of aliphatic hydroxyl groups excluding tert-OH is 1. The molecule has 0 unspecified atom stereocenters. The number of nitriles is 1. The zero-order valence-electron chi connectivity index (χ0n) is 12.2. The van der Waals surface area contributed by atoms with Crippen LogP contribution in [-0.4, -0.2) is 47.7 Å². The number of fused-ring (bicyclic) bond motifs is 1. The maximum absolute atomic E-state index is 12.5. The number of aryl methyl sites for hydroxylation is 1. The van der Waals surface area contributed by atoms with E-state index in [1.54, 1.807) is 13.0 Å². The van der Waals surface area contributed by atoms with Crippen LogP contribution in [0, 0.1) is 18.3 Å². The van der Waals surface area contributed by atoms with Crippen LogP contribution in [0.5, 0.6) is 5.75 Å². The number of carbonyl (C=O) groups is 2. The van der Waals surface area contributed by atoms with Gasteiger partial charge in [0.15, 0.2) is 0 Å². The van der Waals surface area contributed by atoms with Crippen LogP contribution in [0.4, 0.5) is 10.5 Å². The molecule has 0 aromatic heterocycles. The Bertz CT molecular complexity index is 709. The smallest absolute Gasteiger partial charge is 0.332 e. The molecule has 7 heteroatoms. The summed E-state index contributed by atoms with van der Waals surface area (Å²) in [4.78, 5) is 27.3. The van der Waals surface area contributed by atoms with E-state index in [9.17, 15) is 20.0 Å². The number of ether oxygens (including phenoxy) is 1. The van der Waals surface area contributed by atoms with Crippen molar-refractivity contribution in [2.75, 3.05) is 18.6 Å². The summed E-state index contributed by atoms with van der Waals surface area (Å²) in [5.41, 5.74) is 1.24. The molecule has 0 radical (unpaired) electrons. The third-order valence-corrected chi connectivity index (χ3v) is 4.12. The van der Waals surface area contributed by atoms with Crippen molar-refractivity contribution in [1.82, 2.24) is 4.90 Å². The largest absolute Gasteiger partial charge is 0.495 e. The number of nitrogens with zero attached hydrogens (tertiary/aromatic N) is 3. The monoisotopic (exact) mass is 301 g/mol. The molecule has 2 heterocycles. The lowest BCUT2D eigenvalue weighted by atomic mass is 10.1. The lowest BCUT2D eigenvalue weighted by Gasteiger charge is -2.18. The third-order valence-electron chi connectivity index (χ3n) is 4.12. The fourth-order valence-corrected chi connectivity index (χ4v) is 3.12. The van der Waals surface area contributed by atoms with Gasteiger partial charge in [-0.3, -0.25) is 4.79 Å². The van der Waals surface area contributed by atoms with Crippen molar-refractivity contribution in [3.05, 3.63) is 23.3 Å². The van der Waals surface area contributed by atoms with E-state index in [-0.39, 0.29) is 5.56 Å². The number of methoxy groups -OCH3 is 1. The van der Waals surface area contributed by atoms with Crippen molar-refractivity contribution in [3.8, 4) is 11.8 Å². The molecular formula is C15H15N3O4. The Morgan fingerprint density at radius 3 is 2.73 bits per heavy atom. The summed E-state index contributed by atoms with van der Waals surface area (Å²) in [5.74, 6) is -0.0330. The number of anilines is 1. The Balaban J connectivity index is 2.06. The summed E-state index contributed by atoms with van der Waals surface area (Å²) < 4.78 is 5.17. The Morgan fingerprint density at radius 1 is 1.41 bits per heavy atom. The summed E-state index contributed by atoms with van der Waals surface area (Å²) in [6.45, 7) is 2.09. The van der Waals surface area contributed by atoms with Crippen LogP contribution in [0.15, 0.2) is 12.1 Å². The maximum Gasteiger partial charge on any atom is 0.332 e. The van der Waals surface area contributed by atoms with Crippen molar-refractivity contribution in [2.45, 2.75) is 25.5 Å². The lowest BCUT2D eigenvalue weighted by molar-refractivity contribution is -0.121. The van der Waals surface area contributed by atoms with Crippen molar-refractivity contribution in [2.24, 2.45) is 0 Å². The van der Waals surface area contributed by atoms with E-state index in [0.29, 0.717) is 30.0 Å². The van der Waals surface area contributed by atoms with E-state index in [4.69, 9.17) is 4.74 Å². The minimum Gasteiger partial charge on any atom is -0.495 e. The van der Waals surface area contributed by atoms with E-state index >= 15 is 0 Å². The van der Waals surface area contributed by atoms with Gasteiger partial charge in [-0.05, 0) is 31.0 Å². The van der Waals surface area contributed by atoms with Crippen LogP contribution in [0.2, 0.25) is 0 Å². The standard InChI is InChI=1S/C15H15N3O4/c1-8-5-10(6-9(7-16)13(8)22-2)18-14(20)12-11(19)3-4-17(12)15(18)21/h5-6,11-12,19H,3-4H2,1-2H3/t11-,12+/m1/s1. The molecule has 2 atom stereocenters. The molecule has 0 bridgehead atoms. The van der Waals surface area contributed by atoms with E-state index < -0.39 is 24.1 Å². The number of urea groups is 1. The molecule has 0 saturated carbocycles. The van der Waals surface area contributed by atoms with Crippen LogP contribution in [0.3, 0.4) is 0 Å². The first-order valence-electron chi connectivity index (χ1n) is 6.91. The number of aliphatic hydroxyl groups is 1. The molecule has 2 fully saturated rings. The van der Waals surface area contributed by atoms with Gasteiger partial charge in [-0.2, -0.15) is 5.26 Å². The molecule has 1 N–H and O–H groups in total. The zero-order chi connectivity index (χ0) is 16.0. The summed E-state index contributed by atoms with van der Waals surface area (Å²) in [5, 5.41) is 19.1. The van der Waals surface area contributed by atoms with E-state index in [2.05, 4.69) is 0 Å². The normalized spacial score (nSPS) is 23.7. The van der Waals surface area contributed by atoms with Crippen LogP contribution < -0.4 is 9.64 Å². The van der Waals surface area contributed by atoms with Gasteiger partial charge >= 0.3 is 6.03 Å². The first-order valence-corrected chi connectivity index (χ1v) is 6.91. The van der Waals surface area contributed by atoms with Crippen molar-refractivity contribution in [3.63, 3.8) is 0 Å². The highest BCUT2D eigenvalue weighted by Crippen LogP contribution is 2.35. The number of imide groups is 1. The highest BCUT2D eigenvalue weighted by atomic mass is 16.5. The zero-order valence-corrected chi connectivity index (χ0v) is 12.2. The Labute approximate surface area is 127 Å². The Hall–Kier alpha value is -2.59. The molecule has 1 aromatic rings. The fourth-order valence-electron chi connectivity index (χ4n) is 3.12. The molecule has 2 saturated heterocycles. The van der Waals surface area contributed by atoms with Gasteiger partial charge in [-0.25, -0.2) is 9.69 Å². The molecule has 2 aliphatic heterocycles. The molecule has 3 amide bonds. The topological polar surface area (TPSA) is 93.9 Å². The van der Waals surface area contributed by atoms with Crippen molar-refractivity contribution < 1.29 is 19.4 Å². The Morgan fingerprint density at radius 2 is 2.14 bits per heavy atom. The van der Waals surface area contributed by atoms with Crippen molar-refractivity contribution >= 4 is 17.6 Å². The molecule has 114 valence electrons. The molecule has 0 spiro atoms. The highest BCUT2D eigenvalue weighted by Gasteiger charge is 2.52. The average molecular weight is 301 g/mol. The molecule has 7 nitrogen and oxygen atoms in total. The number of carbonyl (C=O) groups excluding carboxylic acids is 2. The van der Waals surface area contributed by atoms with Gasteiger partial charge < -0.3 is 14.7 Å². The van der Waals surface area contributed by atoms with Gasteiger partial charge in [0.05, 0.1) is 24.5 Å². The molecule has 3 rings (SSSR count). The molecule has 1 aromatic carbocycles. The highest BCUT2D eigenvalue weighted by molar-refractivity contribution is 6.22. The van der Waals surface area contributed by atoms with Gasteiger partial charge in [0.1, 0.15) is 17.9 Å². The predicted molar refractivity (Wildman–Crippen MR) is 76.4 cm³/mol. The first-order chi connectivity index (χ1) is 10.5. The van der Waals surface area contributed by atoms with E-state index in [0.717, 1.165) is 4.90 Å². The summed E-state index contributed by atoms with van der Waals surface area (Å²) >= 11 is 0. The van der Waals surface area contributed by atoms with Crippen LogP contribution in [0.1, 0.15) is 17.5 Å². The summed E-state index contributed by atoms with van der Waals surface area (Å²) in [6, 6.07) is 3.81. The van der Waals surface area contributed by atoms with Crippen LogP contribution >= 0.6 is 0 Å². The van der Waals surface area contributed by atoms with Gasteiger partial charge in [-0.15, -0.1) is 0 Å². The minimum absolute atomic E-state index is 0.255. The second-order valence-corrected chi connectivity index (χ2v) is 5.41. The number of benzene rings is 1. The molecular weight excluding hydrogens is 286 g/mol. The Kier molecular flexibility index (Phi) is 3.26. The van der Waals surface area contributed by atoms with Gasteiger partial charge in [0.2, 0.25) is 0 Å². The van der Waals surface area contributed by atoms with Gasteiger partial charge in [0, 0.05) is 6.54 Å². The second kappa shape index (κ2) is 5.00. The van der Waals surface area contributed by atoms with Crippen molar-refractivity contribution in [1.29, 1.82) is 5.26 Å². The first kappa shape index (κ1) is 14.4. The van der Waals surface area contributed by atoms with Crippen LogP contribution in [-0.2, 0) is 4.79 Å². The molecule has 0 aliphatic carbocycles. The quantitative estimate of drug-likeness (QED) is 0.815. The number of amides is 3. The summed E-state index contributed by atoms with van der Waals surface area (Å²) in [7, 11) is 1.46. The maximum atomic E-state index is 12.5. The van der Waals surface area contributed by atoms with Gasteiger partial charge in [0.25, 0.3) is 5.91 Å². The predicted octanol–water partition coefficient (Wildman–Crippen LogP) is 0.777. The summed E-state index contributed by atoms with van der Waals surface area (Å²) in [6.07, 6.45) is -0.433. The third kappa shape index (κ3) is 1.84. The number of hydrogen-bond acceptors (Lipinski definition) is 5. The van der Waals surface area contributed by atoms with Crippen LogP contribution in [0.25, 0.3) is 0 Å². The average Bonchev–Trinajstić information content (AvgIpc) is 2.98. The number of hydrogen-bond donors (Lipinski definition) is 1. The fraction of sp³-hybridized carbons (Fsp3) is 0.400. The minimum atomic E-state index is -0.837. The number of rotatable bonds is 2. The van der Waals surface area contributed by atoms with E-state index in [1.165, 1.54) is 18.1 Å². The second-order valence-electron chi connectivity index (χ2n) is 5.41. The molecule has 22 heavy (non-hydrogen) atoms. The molecule has 2 aliphatic rings. The van der Waals surface area contributed by atoms with E-state index in [1.807, 2.05) is 6.07 Å². The SMILES string of the molecule is COc1c(C)cc(N2C(=O)[C@@H]3[C@H](O)CCN3C2=O)cc1C#N. The van der Waals surface area contributed by atoms with Gasteiger partial charge in [-0.1, -0.05) is 0 Å².